The van der Waals surface area contributed by atoms with E-state index in [0.717, 1.165) is 4.47 Å². The third-order valence-corrected chi connectivity index (χ3v) is 5.50. The molecular weight excluding hydrogens is 364 g/mol. The molecule has 76 valence electrons. The van der Waals surface area contributed by atoms with Crippen molar-refractivity contribution < 1.29 is 0 Å². The molecule has 0 amide bonds. The van der Waals surface area contributed by atoms with Gasteiger partial charge in [-0.05, 0) is 0 Å². The van der Waals surface area contributed by atoms with Crippen molar-refractivity contribution in [2.75, 3.05) is 0 Å². The van der Waals surface area contributed by atoms with Crippen LogP contribution in [0.3, 0.4) is 0 Å². The van der Waals surface area contributed by atoms with E-state index in [9.17, 15) is 0 Å². The average Bonchev–Trinajstić information content (AvgIpc) is 2.25. The van der Waals surface area contributed by atoms with Gasteiger partial charge in [0.2, 0.25) is 0 Å². The molecule has 0 aliphatic rings. The third-order valence-electron chi connectivity index (χ3n) is 2.07. The van der Waals surface area contributed by atoms with E-state index < -0.39 is 0 Å². The van der Waals surface area contributed by atoms with Gasteiger partial charge in [-0.1, -0.05) is 0 Å². The van der Waals surface area contributed by atoms with Crippen LogP contribution in [0.5, 0.6) is 0 Å². The fourth-order valence-corrected chi connectivity index (χ4v) is 3.84. The van der Waals surface area contributed by atoms with Gasteiger partial charge in [0.1, 0.15) is 0 Å². The summed E-state index contributed by atoms with van der Waals surface area (Å²) in [6.45, 7) is 2.13. The second-order valence-electron chi connectivity index (χ2n) is 3.37. The van der Waals surface area contributed by atoms with E-state index in [1.807, 2.05) is 0 Å². The summed E-state index contributed by atoms with van der Waals surface area (Å²) in [5.74, 6) is 0. The molecule has 0 aromatic heterocycles. The van der Waals surface area contributed by atoms with E-state index in [-0.39, 0.29) is 20.9 Å². The Morgan fingerprint density at radius 2 is 1.27 bits per heavy atom. The van der Waals surface area contributed by atoms with Crippen molar-refractivity contribution in [2.24, 2.45) is 0 Å². The molecule has 2 rings (SSSR count). The Kier molecular flexibility index (Phi) is 3.86. The second-order valence-corrected chi connectivity index (χ2v) is 7.56. The number of hydrogen-bond acceptors (Lipinski definition) is 0. The number of benzene rings is 2. The van der Waals surface area contributed by atoms with Gasteiger partial charge in [0.25, 0.3) is 0 Å². The Balaban J connectivity index is 2.15. The van der Waals surface area contributed by atoms with E-state index >= 15 is 0 Å². The molecule has 0 saturated heterocycles. The van der Waals surface area contributed by atoms with Crippen molar-refractivity contribution in [2.45, 2.75) is 6.92 Å². The molecule has 0 bridgehead atoms. The van der Waals surface area contributed by atoms with E-state index in [1.165, 1.54) is 12.8 Å². The van der Waals surface area contributed by atoms with Gasteiger partial charge in [-0.15, -0.1) is 0 Å². The molecule has 15 heavy (non-hydrogen) atoms. The monoisotopic (exact) mass is 376 g/mol. The Hall–Kier alpha value is -0.290. The molecule has 2 aromatic carbocycles. The molecule has 0 unspecified atom stereocenters. The minimum atomic E-state index is -0.204. The maximum atomic E-state index is 3.45. The zero-order valence-corrected chi connectivity index (χ0v) is 12.3. The van der Waals surface area contributed by atoms with Crippen molar-refractivity contribution in [3.8, 4) is 0 Å². The summed E-state index contributed by atoms with van der Waals surface area (Å²) in [6, 6.07) is 17.6. The van der Waals surface area contributed by atoms with Crippen molar-refractivity contribution in [1.82, 2.24) is 0 Å². The zero-order valence-electron chi connectivity index (χ0n) is 8.41. The average molecular weight is 375 g/mol. The second kappa shape index (κ2) is 5.16. The summed E-state index contributed by atoms with van der Waals surface area (Å²) in [7, 11) is 0. The van der Waals surface area contributed by atoms with E-state index in [1.54, 1.807) is 0 Å². The van der Waals surface area contributed by atoms with E-state index in [0.29, 0.717) is 0 Å². The standard InChI is InChI=1S/C13H11BrTe/c1-10-2-6-12(7-3-10)15-13-8-4-11(14)5-9-13/h2-9H,1H3. The predicted octanol–water partition coefficient (Wildman–Crippen LogP) is 2.41. The van der Waals surface area contributed by atoms with Gasteiger partial charge in [0.05, 0.1) is 0 Å². The van der Waals surface area contributed by atoms with Gasteiger partial charge >= 0.3 is 110 Å². The topological polar surface area (TPSA) is 0 Å². The third kappa shape index (κ3) is 3.34. The maximum absolute atomic E-state index is 3.45. The molecule has 0 aliphatic heterocycles. The van der Waals surface area contributed by atoms with Crippen LogP contribution in [0.25, 0.3) is 0 Å². The van der Waals surface area contributed by atoms with Crippen molar-refractivity contribution in [3.63, 3.8) is 0 Å². The first kappa shape index (κ1) is 11.2. The van der Waals surface area contributed by atoms with Crippen LogP contribution in [-0.2, 0) is 0 Å². The molecule has 0 heterocycles. The fraction of sp³-hybridized carbons (Fsp3) is 0.0769. The molecule has 0 aliphatic carbocycles. The Morgan fingerprint density at radius 3 is 1.80 bits per heavy atom. The molecule has 0 fully saturated rings. The van der Waals surface area contributed by atoms with E-state index in [2.05, 4.69) is 71.4 Å². The molecule has 0 radical (unpaired) electrons. The molecule has 0 N–H and O–H groups in total. The van der Waals surface area contributed by atoms with Crippen LogP contribution < -0.4 is 7.22 Å². The number of aryl methyl sites for hydroxylation is 1. The van der Waals surface area contributed by atoms with Gasteiger partial charge in [0.15, 0.2) is 0 Å². The molecule has 0 spiro atoms. The number of hydrogen-bond donors (Lipinski definition) is 0. The molecule has 2 aromatic rings. The SMILES string of the molecule is Cc1ccc([Te]c2ccc(Br)cc2)cc1. The van der Waals surface area contributed by atoms with Gasteiger partial charge in [0, 0.05) is 0 Å². The van der Waals surface area contributed by atoms with Crippen LogP contribution >= 0.6 is 15.9 Å². The van der Waals surface area contributed by atoms with Crippen LogP contribution in [0.2, 0.25) is 0 Å². The Morgan fingerprint density at radius 1 is 0.800 bits per heavy atom. The van der Waals surface area contributed by atoms with Crippen LogP contribution in [0, 0.1) is 6.92 Å². The van der Waals surface area contributed by atoms with Crippen molar-refractivity contribution >= 4 is 44.1 Å². The molecule has 0 nitrogen and oxygen atoms in total. The van der Waals surface area contributed by atoms with Gasteiger partial charge in [-0.3, -0.25) is 0 Å². The summed E-state index contributed by atoms with van der Waals surface area (Å²) < 4.78 is 4.13. The van der Waals surface area contributed by atoms with Crippen LogP contribution in [0.1, 0.15) is 5.56 Å². The van der Waals surface area contributed by atoms with Gasteiger partial charge < -0.3 is 0 Å². The summed E-state index contributed by atoms with van der Waals surface area (Å²) in [5.41, 5.74) is 1.34. The fourth-order valence-electron chi connectivity index (χ4n) is 1.25. The van der Waals surface area contributed by atoms with Gasteiger partial charge in [-0.25, -0.2) is 0 Å². The number of halogens is 1. The predicted molar refractivity (Wildman–Crippen MR) is 70.3 cm³/mol. The van der Waals surface area contributed by atoms with Crippen LogP contribution in [0.15, 0.2) is 53.0 Å². The number of rotatable bonds is 2. The first-order valence-corrected chi connectivity index (χ1v) is 7.86. The summed E-state index contributed by atoms with van der Waals surface area (Å²) in [4.78, 5) is 0. The first-order chi connectivity index (χ1) is 7.24. The van der Waals surface area contributed by atoms with E-state index in [4.69, 9.17) is 0 Å². The zero-order chi connectivity index (χ0) is 10.7. The quantitative estimate of drug-likeness (QED) is 0.708. The van der Waals surface area contributed by atoms with Crippen molar-refractivity contribution in [3.05, 3.63) is 58.6 Å². The van der Waals surface area contributed by atoms with Gasteiger partial charge in [-0.2, -0.15) is 0 Å². The van der Waals surface area contributed by atoms with Crippen LogP contribution in [0.4, 0.5) is 0 Å². The molecule has 0 saturated carbocycles. The summed E-state index contributed by atoms with van der Waals surface area (Å²) >= 11 is 3.25. The molecule has 2 heteroatoms. The Labute approximate surface area is 109 Å². The summed E-state index contributed by atoms with van der Waals surface area (Å²) in [6.07, 6.45) is 0. The Bertz CT molecular complexity index is 388. The first-order valence-electron chi connectivity index (χ1n) is 4.74. The molecule has 0 atom stereocenters. The molecular formula is C13H11BrTe. The minimum absolute atomic E-state index is 0.204. The van der Waals surface area contributed by atoms with Crippen LogP contribution in [-0.4, -0.2) is 20.9 Å². The normalized spacial score (nSPS) is 10.3. The summed E-state index contributed by atoms with van der Waals surface area (Å²) in [5, 5.41) is 0. The van der Waals surface area contributed by atoms with Crippen molar-refractivity contribution in [1.29, 1.82) is 0 Å².